The molecule has 1 aliphatic heterocycles. The molecule has 3 rings (SSSR count). The maximum atomic E-state index is 11.5. The first-order chi connectivity index (χ1) is 10.0. The zero-order valence-corrected chi connectivity index (χ0v) is 13.6. The molecule has 112 valence electrons. The van der Waals surface area contributed by atoms with E-state index in [1.807, 2.05) is 23.6 Å². The van der Waals surface area contributed by atoms with Gasteiger partial charge in [0.25, 0.3) is 0 Å². The molecule has 0 aromatic carbocycles. The predicted molar refractivity (Wildman–Crippen MR) is 84.4 cm³/mol. The standard InChI is InChI=1S/C15H17BrN2O3/c1-3-17(12-7-21-8-12)14-9(2)13(15(19)20)5-11-4-10(16)6-18(11)14/h4-6,12H,3,7-8H2,1-2H3,(H,19,20). The highest BCUT2D eigenvalue weighted by molar-refractivity contribution is 9.10. The number of carboxylic acids is 1. The van der Waals surface area contributed by atoms with Gasteiger partial charge in [-0.05, 0) is 41.9 Å². The van der Waals surface area contributed by atoms with E-state index >= 15 is 0 Å². The van der Waals surface area contributed by atoms with Crippen molar-refractivity contribution < 1.29 is 14.6 Å². The topological polar surface area (TPSA) is 54.2 Å². The Morgan fingerprint density at radius 3 is 2.76 bits per heavy atom. The Bertz CT molecular complexity index is 706. The summed E-state index contributed by atoms with van der Waals surface area (Å²) < 4.78 is 8.28. The quantitative estimate of drug-likeness (QED) is 0.918. The van der Waals surface area contributed by atoms with Gasteiger partial charge >= 0.3 is 5.97 Å². The number of pyridine rings is 1. The second kappa shape index (κ2) is 5.35. The zero-order chi connectivity index (χ0) is 15.1. The number of fused-ring (bicyclic) bond motifs is 1. The van der Waals surface area contributed by atoms with Crippen LogP contribution in [0.1, 0.15) is 22.8 Å². The lowest BCUT2D eigenvalue weighted by atomic mass is 10.1. The largest absolute Gasteiger partial charge is 0.478 e. The fourth-order valence-electron chi connectivity index (χ4n) is 2.86. The van der Waals surface area contributed by atoms with Crippen molar-refractivity contribution >= 4 is 33.2 Å². The number of ether oxygens (including phenoxy) is 1. The molecule has 1 fully saturated rings. The van der Waals surface area contributed by atoms with Crippen molar-refractivity contribution in [2.45, 2.75) is 19.9 Å². The number of aromatic nitrogens is 1. The molecule has 0 spiro atoms. The summed E-state index contributed by atoms with van der Waals surface area (Å²) >= 11 is 3.47. The Kier molecular flexibility index (Phi) is 3.67. The van der Waals surface area contributed by atoms with Gasteiger partial charge in [-0.15, -0.1) is 0 Å². The minimum absolute atomic E-state index is 0.308. The van der Waals surface area contributed by atoms with Crippen LogP contribution < -0.4 is 4.90 Å². The van der Waals surface area contributed by atoms with E-state index in [4.69, 9.17) is 4.74 Å². The lowest BCUT2D eigenvalue weighted by molar-refractivity contribution is 0.00809. The molecular formula is C15H17BrN2O3. The molecule has 0 unspecified atom stereocenters. The van der Waals surface area contributed by atoms with Crippen molar-refractivity contribution in [2.75, 3.05) is 24.7 Å². The van der Waals surface area contributed by atoms with Crippen LogP contribution in [0.5, 0.6) is 0 Å². The maximum absolute atomic E-state index is 11.5. The Balaban J connectivity index is 2.26. The van der Waals surface area contributed by atoms with Crippen molar-refractivity contribution in [1.29, 1.82) is 0 Å². The molecule has 0 aliphatic carbocycles. The number of carbonyl (C=O) groups is 1. The second-order valence-corrected chi connectivity index (χ2v) is 6.16. The van der Waals surface area contributed by atoms with Crippen molar-refractivity contribution in [1.82, 2.24) is 4.40 Å². The van der Waals surface area contributed by atoms with Crippen LogP contribution in [0.2, 0.25) is 0 Å². The van der Waals surface area contributed by atoms with Crippen LogP contribution in [-0.4, -0.2) is 41.3 Å². The third-order valence-corrected chi connectivity index (χ3v) is 4.41. The monoisotopic (exact) mass is 352 g/mol. The summed E-state index contributed by atoms with van der Waals surface area (Å²) in [4.78, 5) is 13.8. The Labute approximate surface area is 131 Å². The van der Waals surface area contributed by atoms with Gasteiger partial charge in [-0.3, -0.25) is 0 Å². The molecule has 0 radical (unpaired) electrons. The number of hydrogen-bond acceptors (Lipinski definition) is 3. The van der Waals surface area contributed by atoms with Crippen LogP contribution >= 0.6 is 15.9 Å². The van der Waals surface area contributed by atoms with Crippen LogP contribution in [0.15, 0.2) is 22.8 Å². The molecule has 2 aromatic heterocycles. The molecular weight excluding hydrogens is 336 g/mol. The number of likely N-dealkylation sites (N-methyl/N-ethyl adjacent to an activating group) is 1. The number of rotatable bonds is 4. The van der Waals surface area contributed by atoms with Crippen LogP contribution in [0, 0.1) is 6.92 Å². The molecule has 0 atom stereocenters. The highest BCUT2D eigenvalue weighted by atomic mass is 79.9. The lowest BCUT2D eigenvalue weighted by Gasteiger charge is -2.39. The molecule has 2 aromatic rings. The summed E-state index contributed by atoms with van der Waals surface area (Å²) in [5.41, 5.74) is 2.01. The summed E-state index contributed by atoms with van der Waals surface area (Å²) in [6.07, 6.45) is 1.98. The highest BCUT2D eigenvalue weighted by Gasteiger charge is 2.29. The fourth-order valence-corrected chi connectivity index (χ4v) is 3.30. The highest BCUT2D eigenvalue weighted by Crippen LogP contribution is 2.31. The summed E-state index contributed by atoms with van der Waals surface area (Å²) in [5, 5.41) is 9.46. The smallest absolute Gasteiger partial charge is 0.336 e. The first kappa shape index (κ1) is 14.4. The molecule has 6 heteroatoms. The SMILES string of the molecule is CCN(c1c(C)c(C(=O)O)cc2cc(Br)cn12)C1COC1. The third-order valence-electron chi connectivity index (χ3n) is 3.98. The lowest BCUT2D eigenvalue weighted by Crippen LogP contribution is -2.50. The van der Waals surface area contributed by atoms with Crippen molar-refractivity contribution in [2.24, 2.45) is 0 Å². The molecule has 1 aliphatic rings. The summed E-state index contributed by atoms with van der Waals surface area (Å²) in [6.45, 7) is 6.13. The van der Waals surface area contributed by atoms with Gasteiger partial charge < -0.3 is 19.1 Å². The molecule has 1 N–H and O–H groups in total. The molecule has 21 heavy (non-hydrogen) atoms. The van der Waals surface area contributed by atoms with Gasteiger partial charge in [0, 0.05) is 28.3 Å². The molecule has 3 heterocycles. The zero-order valence-electron chi connectivity index (χ0n) is 12.0. The first-order valence-electron chi connectivity index (χ1n) is 6.91. The number of aromatic carboxylic acids is 1. The average Bonchev–Trinajstić information content (AvgIpc) is 2.73. The fraction of sp³-hybridized carbons (Fsp3) is 0.400. The number of hydrogen-bond donors (Lipinski definition) is 1. The number of halogens is 1. The van der Waals surface area contributed by atoms with Crippen LogP contribution in [-0.2, 0) is 4.74 Å². The van der Waals surface area contributed by atoms with Crippen LogP contribution in [0.4, 0.5) is 5.82 Å². The van der Waals surface area contributed by atoms with E-state index in [1.165, 1.54) is 0 Å². The normalized spacial score (nSPS) is 15.2. The van der Waals surface area contributed by atoms with Crippen LogP contribution in [0.25, 0.3) is 5.52 Å². The van der Waals surface area contributed by atoms with Gasteiger partial charge in [0.05, 0.1) is 24.8 Å². The second-order valence-electron chi connectivity index (χ2n) is 5.24. The van der Waals surface area contributed by atoms with E-state index in [-0.39, 0.29) is 0 Å². The van der Waals surface area contributed by atoms with E-state index in [1.54, 1.807) is 6.07 Å². The first-order valence-corrected chi connectivity index (χ1v) is 7.71. The summed E-state index contributed by atoms with van der Waals surface area (Å²) in [5.74, 6) is 0.0425. The Morgan fingerprint density at radius 1 is 1.52 bits per heavy atom. The summed E-state index contributed by atoms with van der Waals surface area (Å²) in [7, 11) is 0. The van der Waals surface area contributed by atoms with Gasteiger partial charge in [-0.2, -0.15) is 0 Å². The maximum Gasteiger partial charge on any atom is 0.336 e. The number of anilines is 1. The minimum atomic E-state index is -0.894. The number of nitrogens with zero attached hydrogens (tertiary/aromatic N) is 2. The molecule has 0 amide bonds. The van der Waals surface area contributed by atoms with E-state index in [0.29, 0.717) is 24.8 Å². The number of carboxylic acid groups (broad SMARTS) is 1. The van der Waals surface area contributed by atoms with Gasteiger partial charge in [0.15, 0.2) is 0 Å². The van der Waals surface area contributed by atoms with Crippen molar-refractivity contribution in [3.63, 3.8) is 0 Å². The molecule has 0 saturated carbocycles. The molecule has 1 saturated heterocycles. The minimum Gasteiger partial charge on any atom is -0.478 e. The molecule has 5 nitrogen and oxygen atoms in total. The Hall–Kier alpha value is -1.53. The van der Waals surface area contributed by atoms with Gasteiger partial charge in [-0.25, -0.2) is 4.79 Å². The molecule has 0 bridgehead atoms. The van der Waals surface area contributed by atoms with Gasteiger partial charge in [-0.1, -0.05) is 0 Å². The Morgan fingerprint density at radius 2 is 2.24 bits per heavy atom. The van der Waals surface area contributed by atoms with E-state index in [9.17, 15) is 9.90 Å². The van der Waals surface area contributed by atoms with Gasteiger partial charge in [0.1, 0.15) is 5.82 Å². The van der Waals surface area contributed by atoms with Crippen molar-refractivity contribution in [3.05, 3.63) is 33.9 Å². The van der Waals surface area contributed by atoms with E-state index in [2.05, 4.69) is 27.8 Å². The predicted octanol–water partition coefficient (Wildman–Crippen LogP) is 2.93. The van der Waals surface area contributed by atoms with Crippen molar-refractivity contribution in [3.8, 4) is 0 Å². The average molecular weight is 353 g/mol. The third kappa shape index (κ3) is 2.32. The van der Waals surface area contributed by atoms with E-state index < -0.39 is 5.97 Å². The van der Waals surface area contributed by atoms with Gasteiger partial charge in [0.2, 0.25) is 0 Å². The summed E-state index contributed by atoms with van der Waals surface area (Å²) in [6, 6.07) is 3.96. The van der Waals surface area contributed by atoms with Crippen LogP contribution in [0.3, 0.4) is 0 Å². The van der Waals surface area contributed by atoms with E-state index in [0.717, 1.165) is 27.9 Å².